The fourth-order valence-electron chi connectivity index (χ4n) is 5.37. The first-order valence-electron chi connectivity index (χ1n) is 14.2. The number of nitrogens with zero attached hydrogens (tertiary/aromatic N) is 4. The summed E-state index contributed by atoms with van der Waals surface area (Å²) in [7, 11) is 0. The van der Waals surface area contributed by atoms with Gasteiger partial charge in [-0.25, -0.2) is 0 Å². The van der Waals surface area contributed by atoms with Gasteiger partial charge in [0.2, 0.25) is 17.6 Å². The maximum absolute atomic E-state index is 13.1. The fourth-order valence-corrected chi connectivity index (χ4v) is 5.37. The van der Waals surface area contributed by atoms with Crippen LogP contribution >= 0.6 is 0 Å². The highest BCUT2D eigenvalue weighted by atomic mass is 16.5. The van der Waals surface area contributed by atoms with Crippen LogP contribution in [0.2, 0.25) is 0 Å². The van der Waals surface area contributed by atoms with Crippen LogP contribution in [-0.2, 0) is 34.6 Å². The molecule has 5 rings (SSSR count). The molecule has 2 fully saturated rings. The average molecular weight is 532 g/mol. The van der Waals surface area contributed by atoms with Crippen molar-refractivity contribution >= 4 is 5.91 Å². The first kappa shape index (κ1) is 27.5. The molecule has 2 aliphatic rings. The maximum atomic E-state index is 13.1. The lowest BCUT2D eigenvalue weighted by molar-refractivity contribution is -0.127. The van der Waals surface area contributed by atoms with Crippen molar-refractivity contribution in [2.75, 3.05) is 39.4 Å². The number of hydrogen-bond donors (Lipinski definition) is 1. The highest BCUT2D eigenvalue weighted by Gasteiger charge is 2.27. The van der Waals surface area contributed by atoms with Crippen molar-refractivity contribution in [3.8, 4) is 11.4 Å². The lowest BCUT2D eigenvalue weighted by Crippen LogP contribution is -2.42. The smallest absolute Gasteiger partial charge is 0.241 e. The van der Waals surface area contributed by atoms with Gasteiger partial charge in [0.15, 0.2) is 0 Å². The van der Waals surface area contributed by atoms with Crippen molar-refractivity contribution in [3.63, 3.8) is 0 Å². The van der Waals surface area contributed by atoms with Gasteiger partial charge in [-0.15, -0.1) is 0 Å². The Morgan fingerprint density at radius 3 is 2.46 bits per heavy atom. The van der Waals surface area contributed by atoms with E-state index in [-0.39, 0.29) is 17.2 Å². The van der Waals surface area contributed by atoms with Crippen molar-refractivity contribution in [1.82, 2.24) is 25.3 Å². The zero-order valence-electron chi connectivity index (χ0n) is 23.5. The molecule has 1 aromatic heterocycles. The van der Waals surface area contributed by atoms with Crippen LogP contribution in [0.1, 0.15) is 56.2 Å². The summed E-state index contributed by atoms with van der Waals surface area (Å²) in [5.41, 5.74) is 4.77. The van der Waals surface area contributed by atoms with Crippen molar-refractivity contribution in [1.29, 1.82) is 0 Å². The number of likely N-dealkylation sites (tertiary alicyclic amines) is 1. The summed E-state index contributed by atoms with van der Waals surface area (Å²) in [5.74, 6) is 1.26. The van der Waals surface area contributed by atoms with Gasteiger partial charge >= 0.3 is 0 Å². The van der Waals surface area contributed by atoms with Gasteiger partial charge in [-0.05, 0) is 41.5 Å². The first-order valence-corrected chi connectivity index (χ1v) is 14.2. The molecule has 3 aromatic rings. The molecule has 1 amide bonds. The number of benzene rings is 2. The second-order valence-electron chi connectivity index (χ2n) is 11.8. The number of carbonyl (C=O) groups excluding carboxylic acids is 1. The molecule has 1 N–H and O–H groups in total. The van der Waals surface area contributed by atoms with E-state index in [0.717, 1.165) is 57.8 Å². The largest absolute Gasteiger partial charge is 0.379 e. The summed E-state index contributed by atoms with van der Waals surface area (Å²) >= 11 is 0. The molecule has 0 spiro atoms. The number of morpholine rings is 1. The zero-order valence-corrected chi connectivity index (χ0v) is 23.5. The maximum Gasteiger partial charge on any atom is 0.241 e. The number of ether oxygens (including phenoxy) is 1. The molecule has 208 valence electrons. The third-order valence-electron chi connectivity index (χ3n) is 7.78. The van der Waals surface area contributed by atoms with Gasteiger partial charge in [0.05, 0.1) is 25.7 Å². The van der Waals surface area contributed by atoms with Crippen LogP contribution in [0.5, 0.6) is 0 Å². The number of amides is 1. The predicted octanol–water partition coefficient (Wildman–Crippen LogP) is 4.39. The molecule has 8 nitrogen and oxygen atoms in total. The normalized spacial score (nSPS) is 19.2. The quantitative estimate of drug-likeness (QED) is 0.461. The van der Waals surface area contributed by atoms with Gasteiger partial charge < -0.3 is 14.6 Å². The number of carbonyl (C=O) groups is 1. The molecular weight excluding hydrogens is 490 g/mol. The summed E-state index contributed by atoms with van der Waals surface area (Å²) < 4.78 is 11.1. The van der Waals surface area contributed by atoms with Gasteiger partial charge in [0, 0.05) is 38.3 Å². The molecule has 2 aliphatic heterocycles. The Balaban J connectivity index is 1.13. The Labute approximate surface area is 231 Å². The molecule has 3 heterocycles. The highest BCUT2D eigenvalue weighted by molar-refractivity contribution is 5.79. The predicted molar refractivity (Wildman–Crippen MR) is 151 cm³/mol. The monoisotopic (exact) mass is 531 g/mol. The van der Waals surface area contributed by atoms with Crippen LogP contribution in [0, 0.1) is 5.92 Å². The van der Waals surface area contributed by atoms with E-state index in [4.69, 9.17) is 9.26 Å². The van der Waals surface area contributed by atoms with E-state index in [0.29, 0.717) is 31.3 Å². The number of rotatable bonds is 8. The lowest BCUT2D eigenvalue weighted by Gasteiger charge is -2.31. The lowest BCUT2D eigenvalue weighted by atomic mass is 9.87. The highest BCUT2D eigenvalue weighted by Crippen LogP contribution is 2.25. The van der Waals surface area contributed by atoms with Crippen molar-refractivity contribution in [2.24, 2.45) is 5.92 Å². The number of hydrogen-bond acceptors (Lipinski definition) is 7. The molecule has 0 saturated carbocycles. The van der Waals surface area contributed by atoms with E-state index in [1.807, 2.05) is 6.07 Å². The van der Waals surface area contributed by atoms with E-state index in [9.17, 15) is 4.79 Å². The second-order valence-corrected chi connectivity index (χ2v) is 11.8. The second kappa shape index (κ2) is 12.4. The molecule has 1 atom stereocenters. The van der Waals surface area contributed by atoms with Crippen LogP contribution in [0.4, 0.5) is 0 Å². The Hall–Kier alpha value is -3.07. The third-order valence-corrected chi connectivity index (χ3v) is 7.78. The number of piperidine rings is 1. The van der Waals surface area contributed by atoms with Crippen LogP contribution in [0.25, 0.3) is 11.4 Å². The summed E-state index contributed by atoms with van der Waals surface area (Å²) in [6, 6.07) is 16.8. The molecular formula is C31H41N5O3. The van der Waals surface area contributed by atoms with Gasteiger partial charge in [-0.1, -0.05) is 74.5 Å². The van der Waals surface area contributed by atoms with Crippen LogP contribution in [0.3, 0.4) is 0 Å². The van der Waals surface area contributed by atoms with Crippen LogP contribution < -0.4 is 5.32 Å². The average Bonchev–Trinajstić information content (AvgIpc) is 3.41. The van der Waals surface area contributed by atoms with Gasteiger partial charge in [-0.3, -0.25) is 14.6 Å². The van der Waals surface area contributed by atoms with Gasteiger partial charge in [-0.2, -0.15) is 4.98 Å². The topological polar surface area (TPSA) is 83.7 Å². The SMILES string of the molecule is CC(C)(C)c1ccc(-c2noc(CN3CCCC(C(=O)NCc4ccccc4CN4CCOCC4)C3)n2)cc1. The number of aromatic nitrogens is 2. The summed E-state index contributed by atoms with van der Waals surface area (Å²) in [6.07, 6.45) is 1.87. The molecule has 0 bridgehead atoms. The molecule has 0 radical (unpaired) electrons. The molecule has 0 aliphatic carbocycles. The Bertz CT molecular complexity index is 1230. The summed E-state index contributed by atoms with van der Waals surface area (Å²) in [6.45, 7) is 13.7. The van der Waals surface area contributed by atoms with E-state index in [2.05, 4.69) is 88.5 Å². The molecule has 8 heteroatoms. The third kappa shape index (κ3) is 7.32. The fraction of sp³-hybridized carbons (Fsp3) is 0.516. The molecule has 1 unspecified atom stereocenters. The minimum atomic E-state index is -0.0440. The Morgan fingerprint density at radius 1 is 0.974 bits per heavy atom. The minimum Gasteiger partial charge on any atom is -0.379 e. The van der Waals surface area contributed by atoms with Gasteiger partial charge in [0.1, 0.15) is 0 Å². The van der Waals surface area contributed by atoms with Crippen molar-refractivity contribution in [3.05, 3.63) is 71.1 Å². The summed E-state index contributed by atoms with van der Waals surface area (Å²) in [5, 5.41) is 7.42. The Kier molecular flexibility index (Phi) is 8.75. The number of nitrogens with one attached hydrogen (secondary N) is 1. The van der Waals surface area contributed by atoms with Crippen molar-refractivity contribution in [2.45, 2.75) is 58.7 Å². The standard InChI is InChI=1S/C31H41N5O3/c1-31(2,3)27-12-10-23(11-13-27)29-33-28(39-34-29)22-36-14-6-9-26(21-36)30(37)32-19-24-7-4-5-8-25(24)20-35-15-17-38-18-16-35/h4-5,7-8,10-13,26H,6,9,14-22H2,1-3H3,(H,32,37). The van der Waals surface area contributed by atoms with E-state index in [1.54, 1.807) is 0 Å². The molecule has 2 saturated heterocycles. The van der Waals surface area contributed by atoms with E-state index < -0.39 is 0 Å². The van der Waals surface area contributed by atoms with E-state index in [1.165, 1.54) is 16.7 Å². The Morgan fingerprint density at radius 2 is 1.72 bits per heavy atom. The zero-order chi connectivity index (χ0) is 27.2. The molecule has 2 aromatic carbocycles. The van der Waals surface area contributed by atoms with Gasteiger partial charge in [0.25, 0.3) is 0 Å². The first-order chi connectivity index (χ1) is 18.8. The molecule has 39 heavy (non-hydrogen) atoms. The minimum absolute atomic E-state index is 0.0440. The van der Waals surface area contributed by atoms with E-state index >= 15 is 0 Å². The van der Waals surface area contributed by atoms with Crippen molar-refractivity contribution < 1.29 is 14.1 Å². The summed E-state index contributed by atoms with van der Waals surface area (Å²) in [4.78, 5) is 22.4. The van der Waals surface area contributed by atoms with Crippen LogP contribution in [-0.4, -0.2) is 65.2 Å². The van der Waals surface area contributed by atoms with Crippen LogP contribution in [0.15, 0.2) is 53.1 Å².